The van der Waals surface area contributed by atoms with Gasteiger partial charge in [-0.15, -0.1) is 0 Å². The van der Waals surface area contributed by atoms with Crippen LogP contribution in [0.1, 0.15) is 18.4 Å². The van der Waals surface area contributed by atoms with E-state index in [1.165, 1.54) is 18.9 Å². The summed E-state index contributed by atoms with van der Waals surface area (Å²) in [5.41, 5.74) is 1.71. The van der Waals surface area contributed by atoms with Crippen molar-refractivity contribution in [3.05, 3.63) is 29.6 Å². The highest BCUT2D eigenvalue weighted by Gasteiger charge is 2.23. The first-order chi connectivity index (χ1) is 9.24. The zero-order valence-corrected chi connectivity index (χ0v) is 11.7. The Balaban J connectivity index is 1.78. The third kappa shape index (κ3) is 3.15. The van der Waals surface area contributed by atoms with Crippen molar-refractivity contribution in [1.29, 1.82) is 0 Å². The van der Waals surface area contributed by atoms with Crippen LogP contribution in [0, 0.1) is 5.82 Å². The van der Waals surface area contributed by atoms with Crippen LogP contribution in [-0.4, -0.2) is 34.8 Å². The normalized spacial score (nSPS) is 20.8. The van der Waals surface area contributed by atoms with Crippen LogP contribution in [0.25, 0.3) is 0 Å². The number of hydrogen-bond acceptors (Lipinski definition) is 3. The fourth-order valence-corrected chi connectivity index (χ4v) is 3.48. The van der Waals surface area contributed by atoms with Gasteiger partial charge in [-0.05, 0) is 25.0 Å². The van der Waals surface area contributed by atoms with Crippen molar-refractivity contribution in [3.8, 4) is 0 Å². The standard InChI is InChI=1S/C14H19FN2OS/c15-13-2-1-3-14(12(13)10-16-11-4-5-11)17-6-8-19(18)9-7-17/h1-3,11,16H,4-10H2. The molecule has 1 aromatic carbocycles. The second kappa shape index (κ2) is 5.59. The summed E-state index contributed by atoms with van der Waals surface area (Å²) in [6, 6.07) is 5.83. The number of nitrogens with one attached hydrogen (secondary N) is 1. The first-order valence-electron chi connectivity index (χ1n) is 6.85. The maximum atomic E-state index is 14.0. The summed E-state index contributed by atoms with van der Waals surface area (Å²) in [6.07, 6.45) is 2.40. The molecule has 0 aromatic heterocycles. The molecular weight excluding hydrogens is 263 g/mol. The molecule has 3 rings (SSSR count). The monoisotopic (exact) mass is 282 g/mol. The van der Waals surface area contributed by atoms with Crippen LogP contribution in [-0.2, 0) is 17.3 Å². The van der Waals surface area contributed by atoms with Crippen LogP contribution >= 0.6 is 0 Å². The highest BCUT2D eigenvalue weighted by atomic mass is 32.2. The van der Waals surface area contributed by atoms with Crippen molar-refractivity contribution in [3.63, 3.8) is 0 Å². The van der Waals surface area contributed by atoms with E-state index in [4.69, 9.17) is 0 Å². The van der Waals surface area contributed by atoms with Gasteiger partial charge < -0.3 is 10.2 Å². The average molecular weight is 282 g/mol. The van der Waals surface area contributed by atoms with Gasteiger partial charge in [0.05, 0.1) is 0 Å². The number of halogens is 1. The van der Waals surface area contributed by atoms with Crippen LogP contribution in [0.3, 0.4) is 0 Å². The number of benzene rings is 1. The van der Waals surface area contributed by atoms with Crippen LogP contribution in [0.4, 0.5) is 10.1 Å². The van der Waals surface area contributed by atoms with Crippen molar-refractivity contribution >= 4 is 16.5 Å². The Morgan fingerprint density at radius 2 is 2.05 bits per heavy atom. The van der Waals surface area contributed by atoms with E-state index in [-0.39, 0.29) is 5.82 Å². The van der Waals surface area contributed by atoms with Crippen molar-refractivity contribution in [1.82, 2.24) is 5.32 Å². The predicted octanol–water partition coefficient (Wildman–Crippen LogP) is 1.65. The first kappa shape index (κ1) is 13.1. The molecule has 0 amide bonds. The number of rotatable bonds is 4. The lowest BCUT2D eigenvalue weighted by molar-refractivity contribution is 0.585. The number of nitrogens with zero attached hydrogens (tertiary/aromatic N) is 1. The second-order valence-electron chi connectivity index (χ2n) is 5.23. The minimum absolute atomic E-state index is 0.141. The van der Waals surface area contributed by atoms with Crippen molar-refractivity contribution in [2.24, 2.45) is 0 Å². The first-order valence-corrected chi connectivity index (χ1v) is 8.33. The van der Waals surface area contributed by atoms with E-state index in [1.807, 2.05) is 6.07 Å². The van der Waals surface area contributed by atoms with Gasteiger partial charge in [-0.3, -0.25) is 4.21 Å². The Morgan fingerprint density at radius 1 is 1.32 bits per heavy atom. The molecule has 104 valence electrons. The van der Waals surface area contributed by atoms with Gasteiger partial charge in [-0.25, -0.2) is 4.39 Å². The summed E-state index contributed by atoms with van der Waals surface area (Å²) in [4.78, 5) is 2.16. The Bertz CT molecular complexity index is 480. The number of anilines is 1. The molecule has 2 fully saturated rings. The minimum atomic E-state index is -0.699. The molecule has 1 N–H and O–H groups in total. The molecular formula is C14H19FN2OS. The van der Waals surface area contributed by atoms with Crippen molar-refractivity contribution in [2.45, 2.75) is 25.4 Å². The smallest absolute Gasteiger partial charge is 0.129 e. The maximum absolute atomic E-state index is 14.0. The molecule has 1 aliphatic heterocycles. The van der Waals surface area contributed by atoms with Gasteiger partial charge in [0, 0.05) is 59.2 Å². The van der Waals surface area contributed by atoms with E-state index in [9.17, 15) is 8.60 Å². The van der Waals surface area contributed by atoms with E-state index >= 15 is 0 Å². The van der Waals surface area contributed by atoms with E-state index in [1.54, 1.807) is 6.07 Å². The zero-order valence-electron chi connectivity index (χ0n) is 10.9. The molecule has 0 bridgehead atoms. The number of hydrogen-bond donors (Lipinski definition) is 1. The Hall–Kier alpha value is -0.940. The van der Waals surface area contributed by atoms with Gasteiger partial charge in [-0.2, -0.15) is 0 Å². The lowest BCUT2D eigenvalue weighted by Crippen LogP contribution is -2.38. The summed E-state index contributed by atoms with van der Waals surface area (Å²) < 4.78 is 25.4. The molecule has 5 heteroatoms. The summed E-state index contributed by atoms with van der Waals surface area (Å²) >= 11 is 0. The van der Waals surface area contributed by atoms with Gasteiger partial charge in [0.25, 0.3) is 0 Å². The fraction of sp³-hybridized carbons (Fsp3) is 0.571. The molecule has 19 heavy (non-hydrogen) atoms. The maximum Gasteiger partial charge on any atom is 0.129 e. The largest absolute Gasteiger partial charge is 0.369 e. The fourth-order valence-electron chi connectivity index (χ4n) is 2.43. The minimum Gasteiger partial charge on any atom is -0.369 e. The predicted molar refractivity (Wildman–Crippen MR) is 76.4 cm³/mol. The molecule has 1 saturated heterocycles. The van der Waals surface area contributed by atoms with Crippen LogP contribution < -0.4 is 10.2 Å². The highest BCUT2D eigenvalue weighted by molar-refractivity contribution is 7.85. The lowest BCUT2D eigenvalue weighted by Gasteiger charge is -2.30. The van der Waals surface area contributed by atoms with Gasteiger partial charge in [0.15, 0.2) is 0 Å². The van der Waals surface area contributed by atoms with Gasteiger partial charge in [0.2, 0.25) is 0 Å². The van der Waals surface area contributed by atoms with Crippen LogP contribution in [0.2, 0.25) is 0 Å². The van der Waals surface area contributed by atoms with Crippen LogP contribution in [0.15, 0.2) is 18.2 Å². The summed E-state index contributed by atoms with van der Waals surface area (Å²) in [5, 5.41) is 3.38. The molecule has 0 radical (unpaired) electrons. The van der Waals surface area contributed by atoms with E-state index < -0.39 is 10.8 Å². The van der Waals surface area contributed by atoms with E-state index in [2.05, 4.69) is 10.2 Å². The van der Waals surface area contributed by atoms with E-state index in [0.717, 1.165) is 24.3 Å². The molecule has 1 saturated carbocycles. The Labute approximate surface area is 115 Å². The highest BCUT2D eigenvalue weighted by Crippen LogP contribution is 2.26. The molecule has 3 nitrogen and oxygen atoms in total. The molecule has 1 aliphatic carbocycles. The Kier molecular flexibility index (Phi) is 3.84. The van der Waals surface area contributed by atoms with Gasteiger partial charge >= 0.3 is 0 Å². The zero-order chi connectivity index (χ0) is 13.2. The second-order valence-corrected chi connectivity index (χ2v) is 6.92. The van der Waals surface area contributed by atoms with Crippen molar-refractivity contribution < 1.29 is 8.60 Å². The quantitative estimate of drug-likeness (QED) is 0.911. The van der Waals surface area contributed by atoms with E-state index in [0.29, 0.717) is 24.1 Å². The SMILES string of the molecule is O=S1CCN(c2cccc(F)c2CNC2CC2)CC1. The molecule has 0 spiro atoms. The topological polar surface area (TPSA) is 32.3 Å². The third-order valence-corrected chi connectivity index (χ3v) is 5.03. The molecule has 1 heterocycles. The average Bonchev–Trinajstić information content (AvgIpc) is 3.22. The molecule has 1 aromatic rings. The summed E-state index contributed by atoms with van der Waals surface area (Å²) in [5.74, 6) is 1.23. The summed E-state index contributed by atoms with van der Waals surface area (Å²) in [6.45, 7) is 2.10. The van der Waals surface area contributed by atoms with Gasteiger partial charge in [0.1, 0.15) is 5.82 Å². The molecule has 0 unspecified atom stereocenters. The molecule has 0 atom stereocenters. The lowest BCUT2D eigenvalue weighted by atomic mass is 10.1. The van der Waals surface area contributed by atoms with Crippen LogP contribution in [0.5, 0.6) is 0 Å². The molecule has 2 aliphatic rings. The summed E-state index contributed by atoms with van der Waals surface area (Å²) in [7, 11) is -0.699. The Morgan fingerprint density at radius 3 is 2.74 bits per heavy atom. The van der Waals surface area contributed by atoms with Gasteiger partial charge in [-0.1, -0.05) is 6.07 Å². The third-order valence-electron chi connectivity index (χ3n) is 3.76. The van der Waals surface area contributed by atoms with Crippen molar-refractivity contribution in [2.75, 3.05) is 29.5 Å².